The zero-order chi connectivity index (χ0) is 26.4. The lowest BCUT2D eigenvalue weighted by Crippen LogP contribution is -2.35. The quantitative estimate of drug-likeness (QED) is 0.433. The smallest absolute Gasteiger partial charge is 0.264 e. The molecule has 1 amide bonds. The van der Waals surface area contributed by atoms with Gasteiger partial charge in [0.15, 0.2) is 18.1 Å². The van der Waals surface area contributed by atoms with Crippen molar-refractivity contribution in [3.63, 3.8) is 0 Å². The lowest BCUT2D eigenvalue weighted by molar-refractivity contribution is -0.123. The van der Waals surface area contributed by atoms with Crippen LogP contribution in [-0.4, -0.2) is 48.2 Å². The van der Waals surface area contributed by atoms with Crippen molar-refractivity contribution >= 4 is 21.6 Å². The van der Waals surface area contributed by atoms with Crippen molar-refractivity contribution in [2.24, 2.45) is 0 Å². The Hall–Kier alpha value is -3.72. The van der Waals surface area contributed by atoms with E-state index in [1.165, 1.54) is 10.4 Å². The molecule has 1 aliphatic rings. The zero-order valence-corrected chi connectivity index (χ0v) is 22.1. The van der Waals surface area contributed by atoms with Gasteiger partial charge in [-0.15, -0.1) is 0 Å². The molecule has 4 rings (SSSR count). The molecule has 8 nitrogen and oxygen atoms in total. The van der Waals surface area contributed by atoms with Gasteiger partial charge in [-0.25, -0.2) is 8.42 Å². The minimum absolute atomic E-state index is 0.168. The molecule has 0 radical (unpaired) electrons. The number of hydrogen-bond acceptors (Lipinski definition) is 6. The Morgan fingerprint density at radius 2 is 1.73 bits per heavy atom. The van der Waals surface area contributed by atoms with Crippen LogP contribution >= 0.6 is 0 Å². The van der Waals surface area contributed by atoms with Crippen LogP contribution in [0.2, 0.25) is 0 Å². The van der Waals surface area contributed by atoms with E-state index in [2.05, 4.69) is 5.32 Å². The van der Waals surface area contributed by atoms with Gasteiger partial charge in [0.25, 0.3) is 15.9 Å². The third kappa shape index (κ3) is 5.99. The van der Waals surface area contributed by atoms with Crippen molar-refractivity contribution in [3.05, 3.63) is 77.4 Å². The number of anilines is 1. The summed E-state index contributed by atoms with van der Waals surface area (Å²) in [4.78, 5) is 12.5. The van der Waals surface area contributed by atoms with E-state index in [4.69, 9.17) is 14.2 Å². The lowest BCUT2D eigenvalue weighted by atomic mass is 10.0. The summed E-state index contributed by atoms with van der Waals surface area (Å²) in [6, 6.07) is 18.0. The molecule has 0 unspecified atom stereocenters. The summed E-state index contributed by atoms with van der Waals surface area (Å²) in [5.74, 6) is 1.49. The fraction of sp³-hybridized carbons (Fsp3) is 0.321. The molecule has 196 valence electrons. The van der Waals surface area contributed by atoms with Crippen LogP contribution in [0.15, 0.2) is 65.6 Å². The number of benzene rings is 3. The fourth-order valence-corrected chi connectivity index (χ4v) is 6.02. The summed E-state index contributed by atoms with van der Waals surface area (Å²) in [6.45, 7) is 2.48. The van der Waals surface area contributed by atoms with Gasteiger partial charge in [0.05, 0.1) is 24.8 Å². The van der Waals surface area contributed by atoms with Gasteiger partial charge in [0.1, 0.15) is 5.75 Å². The van der Waals surface area contributed by atoms with Gasteiger partial charge in [-0.05, 0) is 79.3 Å². The summed E-state index contributed by atoms with van der Waals surface area (Å²) in [7, 11) is -0.548. The number of methoxy groups -OCH3 is 2. The predicted molar refractivity (Wildman–Crippen MR) is 142 cm³/mol. The molecule has 0 atom stereocenters. The highest BCUT2D eigenvalue weighted by Gasteiger charge is 2.29. The molecule has 0 spiro atoms. The molecule has 3 aromatic carbocycles. The first kappa shape index (κ1) is 26.3. The number of para-hydroxylation sites is 1. The largest absolute Gasteiger partial charge is 0.493 e. The second-order valence-electron chi connectivity index (χ2n) is 8.81. The summed E-state index contributed by atoms with van der Waals surface area (Å²) < 4.78 is 44.5. The summed E-state index contributed by atoms with van der Waals surface area (Å²) >= 11 is 0. The van der Waals surface area contributed by atoms with Crippen molar-refractivity contribution in [1.29, 1.82) is 0 Å². The van der Waals surface area contributed by atoms with Crippen molar-refractivity contribution in [2.45, 2.75) is 31.1 Å². The van der Waals surface area contributed by atoms with Crippen molar-refractivity contribution < 1.29 is 27.4 Å². The maximum Gasteiger partial charge on any atom is 0.264 e. The van der Waals surface area contributed by atoms with Crippen LogP contribution in [-0.2, 0) is 27.7 Å². The topological polar surface area (TPSA) is 94.2 Å². The van der Waals surface area contributed by atoms with Crippen LogP contribution in [0.25, 0.3) is 0 Å². The van der Waals surface area contributed by atoms with E-state index in [0.717, 1.165) is 29.7 Å². The number of carbonyl (C=O) groups excluding carboxylic acids is 1. The Morgan fingerprint density at radius 3 is 2.49 bits per heavy atom. The highest BCUT2D eigenvalue weighted by Crippen LogP contribution is 2.33. The Labute approximate surface area is 218 Å². The van der Waals surface area contributed by atoms with E-state index in [1.807, 2.05) is 42.5 Å². The number of sulfonamides is 1. The van der Waals surface area contributed by atoms with E-state index >= 15 is 0 Å². The molecule has 3 aromatic rings. The van der Waals surface area contributed by atoms with Crippen molar-refractivity contribution in [1.82, 2.24) is 5.32 Å². The molecule has 0 aliphatic carbocycles. The summed E-state index contributed by atoms with van der Waals surface area (Å²) in [5, 5.41) is 2.84. The number of carbonyl (C=O) groups is 1. The summed E-state index contributed by atoms with van der Waals surface area (Å²) in [6.07, 6.45) is 2.26. The molecule has 0 aromatic heterocycles. The molecule has 1 aliphatic heterocycles. The second-order valence-corrected chi connectivity index (χ2v) is 10.7. The first-order valence-corrected chi connectivity index (χ1v) is 13.6. The maximum absolute atomic E-state index is 13.4. The monoisotopic (exact) mass is 524 g/mol. The van der Waals surface area contributed by atoms with Crippen molar-refractivity contribution in [2.75, 3.05) is 38.2 Å². The molecular weight excluding hydrogens is 492 g/mol. The van der Waals surface area contributed by atoms with Crippen molar-refractivity contribution in [3.8, 4) is 17.2 Å². The normalized spacial score (nSPS) is 13.0. The SMILES string of the molecule is COc1ccc(CCNC(=O)COc2ccc(S(=O)(=O)N3CCCc4ccccc43)cc2C)cc1OC. The van der Waals surface area contributed by atoms with Crippen LogP contribution in [0, 0.1) is 6.92 Å². The third-order valence-corrected chi connectivity index (χ3v) is 8.15. The van der Waals surface area contributed by atoms with Crippen LogP contribution in [0.5, 0.6) is 17.2 Å². The van der Waals surface area contributed by atoms with Gasteiger partial charge >= 0.3 is 0 Å². The highest BCUT2D eigenvalue weighted by molar-refractivity contribution is 7.92. The highest BCUT2D eigenvalue weighted by atomic mass is 32.2. The van der Waals surface area contributed by atoms with E-state index in [1.54, 1.807) is 33.3 Å². The van der Waals surface area contributed by atoms with Crippen LogP contribution in [0.4, 0.5) is 5.69 Å². The predicted octanol–water partition coefficient (Wildman–Crippen LogP) is 3.89. The molecule has 9 heteroatoms. The van der Waals surface area contributed by atoms with Gasteiger partial charge in [0, 0.05) is 13.1 Å². The molecule has 1 N–H and O–H groups in total. The van der Waals surface area contributed by atoms with Gasteiger partial charge in [0.2, 0.25) is 0 Å². The van der Waals surface area contributed by atoms with Gasteiger partial charge in [-0.3, -0.25) is 9.10 Å². The first-order valence-electron chi connectivity index (χ1n) is 12.1. The standard InChI is InChI=1S/C28H32N2O6S/c1-20-17-23(37(32,33)30-16-6-8-22-7-4-5-9-24(22)30)11-13-25(20)36-19-28(31)29-15-14-21-10-12-26(34-2)27(18-21)35-3/h4-5,7,9-13,17-18H,6,8,14-16,19H2,1-3H3,(H,29,31). The van der Waals surface area contributed by atoms with E-state index in [-0.39, 0.29) is 17.4 Å². The van der Waals surface area contributed by atoms with E-state index in [0.29, 0.717) is 42.3 Å². The van der Waals surface area contributed by atoms with E-state index in [9.17, 15) is 13.2 Å². The average Bonchev–Trinajstić information content (AvgIpc) is 2.91. The second kappa shape index (κ2) is 11.6. The molecule has 0 fully saturated rings. The van der Waals surface area contributed by atoms with Crippen LogP contribution < -0.4 is 23.8 Å². The maximum atomic E-state index is 13.4. The minimum Gasteiger partial charge on any atom is -0.493 e. The average molecular weight is 525 g/mol. The lowest BCUT2D eigenvalue weighted by Gasteiger charge is -2.30. The van der Waals surface area contributed by atoms with E-state index < -0.39 is 10.0 Å². The number of fused-ring (bicyclic) bond motifs is 1. The number of hydrogen-bond donors (Lipinski definition) is 1. The molecular formula is C28H32N2O6S. The molecule has 0 bridgehead atoms. The molecule has 37 heavy (non-hydrogen) atoms. The molecule has 0 saturated heterocycles. The zero-order valence-electron chi connectivity index (χ0n) is 21.3. The Balaban J connectivity index is 1.33. The third-order valence-electron chi connectivity index (χ3n) is 6.34. The first-order chi connectivity index (χ1) is 17.8. The van der Waals surface area contributed by atoms with Crippen LogP contribution in [0.1, 0.15) is 23.1 Å². The fourth-order valence-electron chi connectivity index (χ4n) is 4.40. The minimum atomic E-state index is -3.71. The van der Waals surface area contributed by atoms with Gasteiger partial charge in [-0.1, -0.05) is 24.3 Å². The molecule has 1 heterocycles. The number of nitrogens with one attached hydrogen (secondary N) is 1. The van der Waals surface area contributed by atoms with Crippen LogP contribution in [0.3, 0.4) is 0 Å². The number of nitrogens with zero attached hydrogens (tertiary/aromatic N) is 1. The summed E-state index contributed by atoms with van der Waals surface area (Å²) in [5.41, 5.74) is 3.41. The number of ether oxygens (including phenoxy) is 3. The number of aryl methyl sites for hydroxylation is 2. The number of rotatable bonds is 10. The Bertz CT molecular complexity index is 1370. The Morgan fingerprint density at radius 1 is 0.973 bits per heavy atom. The Kier molecular flexibility index (Phi) is 8.23. The molecule has 0 saturated carbocycles. The van der Waals surface area contributed by atoms with Gasteiger partial charge < -0.3 is 19.5 Å². The van der Waals surface area contributed by atoms with Gasteiger partial charge in [-0.2, -0.15) is 0 Å². The number of amides is 1.